The van der Waals surface area contributed by atoms with E-state index in [9.17, 15) is 4.79 Å². The van der Waals surface area contributed by atoms with E-state index in [-0.39, 0.29) is 5.91 Å². The number of nitrogens with zero attached hydrogens (tertiary/aromatic N) is 4. The third-order valence-corrected chi connectivity index (χ3v) is 3.61. The van der Waals surface area contributed by atoms with Crippen LogP contribution in [0.2, 0.25) is 0 Å². The second kappa shape index (κ2) is 8.11. The number of amides is 1. The van der Waals surface area contributed by atoms with Crippen LogP contribution in [0.1, 0.15) is 16.2 Å². The Labute approximate surface area is 151 Å². The van der Waals surface area contributed by atoms with Gasteiger partial charge in [0.25, 0.3) is 5.91 Å². The van der Waals surface area contributed by atoms with E-state index in [0.29, 0.717) is 41.9 Å². The first-order valence-electron chi connectivity index (χ1n) is 8.17. The molecular weight excluding hydrogens is 332 g/mol. The van der Waals surface area contributed by atoms with Gasteiger partial charge in [0, 0.05) is 37.1 Å². The molecule has 0 aliphatic heterocycles. The molecule has 8 nitrogen and oxygen atoms in total. The number of methoxy groups -OCH3 is 1. The zero-order valence-corrected chi connectivity index (χ0v) is 14.6. The van der Waals surface area contributed by atoms with Crippen molar-refractivity contribution in [2.24, 2.45) is 0 Å². The summed E-state index contributed by atoms with van der Waals surface area (Å²) in [4.78, 5) is 20.9. The van der Waals surface area contributed by atoms with Crippen LogP contribution in [0.15, 0.2) is 48.8 Å². The Kier molecular flexibility index (Phi) is 5.43. The van der Waals surface area contributed by atoms with Crippen molar-refractivity contribution < 1.29 is 9.53 Å². The fourth-order valence-corrected chi connectivity index (χ4v) is 2.40. The molecule has 0 spiro atoms. The zero-order chi connectivity index (χ0) is 18.4. The largest absolute Gasteiger partial charge is 0.497 e. The minimum Gasteiger partial charge on any atom is -0.497 e. The number of nitrogens with one attached hydrogen (secondary N) is 2. The maximum absolute atomic E-state index is 12.2. The Balaban J connectivity index is 1.54. The predicted molar refractivity (Wildman–Crippen MR) is 97.7 cm³/mol. The average Bonchev–Trinajstić information content (AvgIpc) is 3.19. The second-order valence-electron chi connectivity index (χ2n) is 5.52. The highest BCUT2D eigenvalue weighted by atomic mass is 16.5. The molecule has 0 saturated heterocycles. The van der Waals surface area contributed by atoms with Crippen molar-refractivity contribution in [3.8, 4) is 11.6 Å². The van der Waals surface area contributed by atoms with Crippen LogP contribution in [-0.2, 0) is 0 Å². The van der Waals surface area contributed by atoms with Crippen LogP contribution in [0.5, 0.6) is 5.75 Å². The van der Waals surface area contributed by atoms with E-state index in [4.69, 9.17) is 4.74 Å². The molecule has 0 unspecified atom stereocenters. The van der Waals surface area contributed by atoms with Gasteiger partial charge in [-0.05, 0) is 31.2 Å². The number of carbonyl (C=O) groups excluding carboxylic acids is 1. The average molecular weight is 352 g/mol. The fourth-order valence-electron chi connectivity index (χ4n) is 2.40. The Morgan fingerprint density at radius 3 is 2.85 bits per heavy atom. The van der Waals surface area contributed by atoms with Crippen molar-refractivity contribution in [1.29, 1.82) is 0 Å². The van der Waals surface area contributed by atoms with Crippen LogP contribution in [0, 0.1) is 6.92 Å². The van der Waals surface area contributed by atoms with Crippen LogP contribution < -0.4 is 15.4 Å². The maximum atomic E-state index is 12.2. The predicted octanol–water partition coefficient (Wildman–Crippen LogP) is 1.82. The van der Waals surface area contributed by atoms with Crippen molar-refractivity contribution in [2.45, 2.75) is 6.92 Å². The van der Waals surface area contributed by atoms with Crippen LogP contribution >= 0.6 is 0 Å². The Bertz CT molecular complexity index is 879. The van der Waals surface area contributed by atoms with Gasteiger partial charge in [-0.1, -0.05) is 6.07 Å². The number of hydrogen-bond acceptors (Lipinski definition) is 6. The highest BCUT2D eigenvalue weighted by Gasteiger charge is 2.07. The van der Waals surface area contributed by atoms with Crippen LogP contribution in [0.3, 0.4) is 0 Å². The van der Waals surface area contributed by atoms with E-state index in [1.165, 1.54) is 0 Å². The number of aryl methyl sites for hydroxylation is 1. The van der Waals surface area contributed by atoms with Gasteiger partial charge in [-0.3, -0.25) is 4.79 Å². The summed E-state index contributed by atoms with van der Waals surface area (Å²) in [6.45, 7) is 2.81. The van der Waals surface area contributed by atoms with E-state index in [1.807, 2.05) is 25.3 Å². The summed E-state index contributed by atoms with van der Waals surface area (Å²) in [6.07, 6.45) is 3.51. The minimum atomic E-state index is -0.151. The first-order valence-corrected chi connectivity index (χ1v) is 8.17. The van der Waals surface area contributed by atoms with E-state index in [1.54, 1.807) is 42.3 Å². The molecule has 26 heavy (non-hydrogen) atoms. The molecule has 8 heteroatoms. The van der Waals surface area contributed by atoms with E-state index < -0.39 is 0 Å². The van der Waals surface area contributed by atoms with Gasteiger partial charge < -0.3 is 15.4 Å². The highest BCUT2D eigenvalue weighted by Crippen LogP contribution is 2.12. The third kappa shape index (κ3) is 4.35. The number of rotatable bonds is 7. The summed E-state index contributed by atoms with van der Waals surface area (Å²) in [5.41, 5.74) is 0.559. The summed E-state index contributed by atoms with van der Waals surface area (Å²) in [7, 11) is 1.57. The fraction of sp³-hybridized carbons (Fsp3) is 0.222. The van der Waals surface area contributed by atoms with Gasteiger partial charge in [-0.25, -0.2) is 14.6 Å². The zero-order valence-electron chi connectivity index (χ0n) is 14.6. The van der Waals surface area contributed by atoms with Gasteiger partial charge in [0.05, 0.1) is 7.11 Å². The molecule has 1 amide bonds. The molecule has 3 rings (SSSR count). The number of anilines is 1. The number of hydrogen-bond donors (Lipinski definition) is 2. The van der Waals surface area contributed by atoms with Gasteiger partial charge in [0.15, 0.2) is 5.82 Å². The van der Waals surface area contributed by atoms with Crippen molar-refractivity contribution in [2.75, 3.05) is 25.5 Å². The molecule has 0 aliphatic carbocycles. The SMILES string of the molecule is COc1cccc(C(=O)NCCNc2cc(-n3cccn3)nc(C)n2)c1. The number of carbonyl (C=O) groups is 1. The normalized spacial score (nSPS) is 10.4. The standard InChI is InChI=1S/C18H20N6O2/c1-13-22-16(12-17(23-13)24-10-4-7-21-24)19-8-9-20-18(25)14-5-3-6-15(11-14)26-2/h3-7,10-12H,8-9H2,1-2H3,(H,20,25)(H,19,22,23). The van der Waals surface area contributed by atoms with Gasteiger partial charge >= 0.3 is 0 Å². The third-order valence-electron chi connectivity index (χ3n) is 3.61. The number of aromatic nitrogens is 4. The molecule has 2 aromatic heterocycles. The van der Waals surface area contributed by atoms with Gasteiger partial charge in [-0.15, -0.1) is 0 Å². The Hall–Kier alpha value is -3.42. The summed E-state index contributed by atoms with van der Waals surface area (Å²) < 4.78 is 6.80. The van der Waals surface area contributed by atoms with E-state index in [0.717, 1.165) is 0 Å². The molecule has 0 bridgehead atoms. The summed E-state index contributed by atoms with van der Waals surface area (Å²) in [6, 6.07) is 10.7. The van der Waals surface area contributed by atoms with Crippen molar-refractivity contribution in [3.05, 3.63) is 60.2 Å². The topological polar surface area (TPSA) is 94.0 Å². The van der Waals surface area contributed by atoms with E-state index >= 15 is 0 Å². The first kappa shape index (κ1) is 17.4. The summed E-state index contributed by atoms with van der Waals surface area (Å²) in [5.74, 6) is 2.50. The summed E-state index contributed by atoms with van der Waals surface area (Å²) in [5, 5.41) is 10.2. The van der Waals surface area contributed by atoms with Crippen LogP contribution in [0.25, 0.3) is 5.82 Å². The van der Waals surface area contributed by atoms with Gasteiger partial charge in [0.2, 0.25) is 0 Å². The molecule has 0 aliphatic rings. The van der Waals surface area contributed by atoms with Crippen molar-refractivity contribution in [3.63, 3.8) is 0 Å². The molecule has 2 heterocycles. The molecule has 0 radical (unpaired) electrons. The van der Waals surface area contributed by atoms with Crippen molar-refractivity contribution in [1.82, 2.24) is 25.1 Å². The lowest BCUT2D eigenvalue weighted by atomic mass is 10.2. The number of benzene rings is 1. The van der Waals surface area contributed by atoms with Crippen LogP contribution in [-0.4, -0.2) is 45.9 Å². The molecule has 2 N–H and O–H groups in total. The molecular formula is C18H20N6O2. The quantitative estimate of drug-likeness (QED) is 0.630. The smallest absolute Gasteiger partial charge is 0.251 e. The first-order chi connectivity index (χ1) is 12.7. The summed E-state index contributed by atoms with van der Waals surface area (Å²) >= 11 is 0. The molecule has 0 saturated carbocycles. The molecule has 0 atom stereocenters. The Morgan fingerprint density at radius 2 is 2.08 bits per heavy atom. The minimum absolute atomic E-state index is 0.151. The second-order valence-corrected chi connectivity index (χ2v) is 5.52. The lowest BCUT2D eigenvalue weighted by molar-refractivity contribution is 0.0955. The molecule has 134 valence electrons. The maximum Gasteiger partial charge on any atom is 0.251 e. The molecule has 0 fully saturated rings. The number of ether oxygens (including phenoxy) is 1. The monoisotopic (exact) mass is 352 g/mol. The molecule has 3 aromatic rings. The lowest BCUT2D eigenvalue weighted by Gasteiger charge is -2.10. The van der Waals surface area contributed by atoms with Crippen molar-refractivity contribution >= 4 is 11.7 Å². The van der Waals surface area contributed by atoms with Gasteiger partial charge in [-0.2, -0.15) is 5.10 Å². The van der Waals surface area contributed by atoms with E-state index in [2.05, 4.69) is 25.7 Å². The Morgan fingerprint density at radius 1 is 1.19 bits per heavy atom. The van der Waals surface area contributed by atoms with Gasteiger partial charge in [0.1, 0.15) is 17.4 Å². The lowest BCUT2D eigenvalue weighted by Crippen LogP contribution is -2.29. The molecule has 1 aromatic carbocycles. The van der Waals surface area contributed by atoms with Crippen LogP contribution in [0.4, 0.5) is 5.82 Å². The highest BCUT2D eigenvalue weighted by molar-refractivity contribution is 5.94.